The van der Waals surface area contributed by atoms with Crippen LogP contribution in [0.25, 0.3) is 0 Å². The molecule has 0 spiro atoms. The molecule has 0 unspecified atom stereocenters. The lowest BCUT2D eigenvalue weighted by molar-refractivity contribution is 0.0728. The van der Waals surface area contributed by atoms with Crippen molar-refractivity contribution in [2.24, 2.45) is 0 Å². The lowest BCUT2D eigenvalue weighted by atomic mass is 10.2. The van der Waals surface area contributed by atoms with E-state index >= 15 is 0 Å². The number of amides is 1. The highest BCUT2D eigenvalue weighted by Crippen LogP contribution is 2.31. The number of phenolic OH excluding ortho intramolecular Hbond substituents is 1. The van der Waals surface area contributed by atoms with Gasteiger partial charge in [0.05, 0.1) is 0 Å². The fourth-order valence-electron chi connectivity index (χ4n) is 2.02. The maximum atomic E-state index is 12.4. The molecule has 1 aliphatic carbocycles. The second kappa shape index (κ2) is 5.38. The van der Waals surface area contributed by atoms with Crippen LogP contribution in [0, 0.1) is 0 Å². The summed E-state index contributed by atoms with van der Waals surface area (Å²) in [5.74, 6) is 0.0462. The second-order valence-electron chi connectivity index (χ2n) is 4.69. The average Bonchev–Trinajstić information content (AvgIpc) is 3.17. The predicted molar refractivity (Wildman–Crippen MR) is 75.9 cm³/mol. The van der Waals surface area contributed by atoms with Crippen LogP contribution >= 0.6 is 22.9 Å². The minimum atomic E-state index is -0.153. The normalized spacial score (nSPS) is 14.2. The Hall–Kier alpha value is -1.66. The molecule has 1 heterocycles. The van der Waals surface area contributed by atoms with Crippen LogP contribution in [0.2, 0.25) is 4.47 Å². The largest absolute Gasteiger partial charge is 0.508 e. The van der Waals surface area contributed by atoms with E-state index in [2.05, 4.69) is 10.2 Å². The molecule has 1 saturated carbocycles. The van der Waals surface area contributed by atoms with Crippen LogP contribution in [0.15, 0.2) is 24.3 Å². The van der Waals surface area contributed by atoms with Gasteiger partial charge in [0, 0.05) is 12.6 Å². The quantitative estimate of drug-likeness (QED) is 0.943. The summed E-state index contributed by atoms with van der Waals surface area (Å²) in [6.07, 6.45) is 1.99. The fraction of sp³-hybridized carbons (Fsp3) is 0.308. The number of aromatic hydroxyl groups is 1. The summed E-state index contributed by atoms with van der Waals surface area (Å²) in [5.41, 5.74) is 0.890. The Kier molecular flexibility index (Phi) is 3.58. The van der Waals surface area contributed by atoms with E-state index in [9.17, 15) is 9.90 Å². The highest BCUT2D eigenvalue weighted by atomic mass is 35.5. The Bertz CT molecular complexity index is 642. The Morgan fingerprint density at radius 2 is 2.25 bits per heavy atom. The van der Waals surface area contributed by atoms with Crippen LogP contribution < -0.4 is 0 Å². The molecule has 0 aliphatic heterocycles. The summed E-state index contributed by atoms with van der Waals surface area (Å²) >= 11 is 6.81. The molecule has 3 rings (SSSR count). The van der Waals surface area contributed by atoms with Crippen molar-refractivity contribution in [3.63, 3.8) is 0 Å². The number of rotatable bonds is 4. The smallest absolute Gasteiger partial charge is 0.285 e. The fourth-order valence-corrected chi connectivity index (χ4v) is 2.80. The summed E-state index contributed by atoms with van der Waals surface area (Å²) in [6, 6.07) is 7.16. The number of hydrogen-bond acceptors (Lipinski definition) is 5. The molecule has 0 radical (unpaired) electrons. The molecule has 1 N–H and O–H groups in total. The van der Waals surface area contributed by atoms with E-state index in [-0.39, 0.29) is 22.2 Å². The third kappa shape index (κ3) is 2.91. The molecule has 1 aromatic carbocycles. The summed E-state index contributed by atoms with van der Waals surface area (Å²) in [7, 11) is 0. The van der Waals surface area contributed by atoms with Crippen molar-refractivity contribution in [2.45, 2.75) is 25.4 Å². The van der Waals surface area contributed by atoms with Crippen LogP contribution in [0.1, 0.15) is 28.2 Å². The standard InChI is InChI=1S/C13H12ClN3O2S/c14-13-16-15-11(20-13)12(19)17(9-4-5-9)7-8-2-1-3-10(18)6-8/h1-3,6,9,18H,4-5,7H2. The van der Waals surface area contributed by atoms with Gasteiger partial charge < -0.3 is 10.0 Å². The van der Waals surface area contributed by atoms with Crippen LogP contribution in [0.4, 0.5) is 0 Å². The van der Waals surface area contributed by atoms with E-state index in [0.29, 0.717) is 11.6 Å². The highest BCUT2D eigenvalue weighted by Gasteiger charge is 2.34. The van der Waals surface area contributed by atoms with Gasteiger partial charge in [0.1, 0.15) is 5.75 Å². The minimum Gasteiger partial charge on any atom is -0.508 e. The third-order valence-electron chi connectivity index (χ3n) is 3.10. The summed E-state index contributed by atoms with van der Waals surface area (Å²) in [6.45, 7) is 0.453. The number of aromatic nitrogens is 2. The van der Waals surface area contributed by atoms with Crippen molar-refractivity contribution in [3.05, 3.63) is 39.3 Å². The Labute approximate surface area is 124 Å². The monoisotopic (exact) mass is 309 g/mol. The van der Waals surface area contributed by atoms with Crippen LogP contribution in [0.3, 0.4) is 0 Å². The summed E-state index contributed by atoms with van der Waals surface area (Å²) in [4.78, 5) is 14.2. The van der Waals surface area contributed by atoms with Crippen LogP contribution in [-0.4, -0.2) is 32.2 Å². The average molecular weight is 310 g/mol. The van der Waals surface area contributed by atoms with Gasteiger partial charge in [-0.1, -0.05) is 23.5 Å². The number of phenols is 1. The SMILES string of the molecule is O=C(c1nnc(Cl)s1)N(Cc1cccc(O)c1)C1CC1. The van der Waals surface area contributed by atoms with Crippen LogP contribution in [-0.2, 0) is 6.54 Å². The number of nitrogens with zero attached hydrogens (tertiary/aromatic N) is 3. The first-order valence-corrected chi connectivity index (χ1v) is 7.41. The van der Waals surface area contributed by atoms with Gasteiger partial charge in [-0.05, 0) is 42.1 Å². The summed E-state index contributed by atoms with van der Waals surface area (Å²) < 4.78 is 0.265. The van der Waals surface area contributed by atoms with E-state index in [1.165, 1.54) is 0 Å². The first kappa shape index (κ1) is 13.3. The number of carbonyl (C=O) groups is 1. The topological polar surface area (TPSA) is 66.3 Å². The molecule has 1 fully saturated rings. The molecule has 5 nitrogen and oxygen atoms in total. The van der Waals surface area contributed by atoms with Crippen molar-refractivity contribution in [1.82, 2.24) is 15.1 Å². The zero-order valence-electron chi connectivity index (χ0n) is 10.5. The first-order valence-electron chi connectivity index (χ1n) is 6.21. The van der Waals surface area contributed by atoms with Crippen molar-refractivity contribution in [3.8, 4) is 5.75 Å². The molecule has 0 bridgehead atoms. The lowest BCUT2D eigenvalue weighted by Crippen LogP contribution is -2.32. The molecule has 104 valence electrons. The molecular formula is C13H12ClN3O2S. The van der Waals surface area contributed by atoms with Crippen molar-refractivity contribution < 1.29 is 9.90 Å². The van der Waals surface area contributed by atoms with Crippen LogP contribution in [0.5, 0.6) is 5.75 Å². The first-order chi connectivity index (χ1) is 9.63. The molecule has 1 aromatic heterocycles. The zero-order chi connectivity index (χ0) is 14.1. The van der Waals surface area contributed by atoms with Crippen molar-refractivity contribution >= 4 is 28.8 Å². The third-order valence-corrected chi connectivity index (χ3v) is 4.10. The van der Waals surface area contributed by atoms with Gasteiger partial charge in [0.2, 0.25) is 9.47 Å². The molecule has 1 aliphatic rings. The lowest BCUT2D eigenvalue weighted by Gasteiger charge is -2.21. The predicted octanol–water partition coefficient (Wildman–Crippen LogP) is 2.70. The van der Waals surface area contributed by atoms with E-state index < -0.39 is 0 Å². The summed E-state index contributed by atoms with van der Waals surface area (Å²) in [5, 5.41) is 17.3. The van der Waals surface area contributed by atoms with E-state index in [1.807, 2.05) is 6.07 Å². The Morgan fingerprint density at radius 1 is 1.45 bits per heavy atom. The molecular weight excluding hydrogens is 298 g/mol. The van der Waals surface area contributed by atoms with Gasteiger partial charge in [-0.2, -0.15) is 0 Å². The van der Waals surface area contributed by atoms with E-state index in [4.69, 9.17) is 11.6 Å². The van der Waals surface area contributed by atoms with E-state index in [1.54, 1.807) is 23.1 Å². The van der Waals surface area contributed by atoms with Gasteiger partial charge >= 0.3 is 0 Å². The van der Waals surface area contributed by atoms with Crippen molar-refractivity contribution in [2.75, 3.05) is 0 Å². The molecule has 20 heavy (non-hydrogen) atoms. The molecule has 0 saturated heterocycles. The maximum Gasteiger partial charge on any atom is 0.285 e. The van der Waals surface area contributed by atoms with Gasteiger partial charge in [-0.15, -0.1) is 10.2 Å². The number of hydrogen-bond donors (Lipinski definition) is 1. The zero-order valence-corrected chi connectivity index (χ0v) is 12.1. The molecule has 2 aromatic rings. The molecule has 1 amide bonds. The van der Waals surface area contributed by atoms with Gasteiger partial charge in [0.15, 0.2) is 0 Å². The second-order valence-corrected chi connectivity index (χ2v) is 6.25. The van der Waals surface area contributed by atoms with Crippen molar-refractivity contribution in [1.29, 1.82) is 0 Å². The Morgan fingerprint density at radius 3 is 2.85 bits per heavy atom. The minimum absolute atomic E-state index is 0.153. The van der Waals surface area contributed by atoms with Gasteiger partial charge in [-0.25, -0.2) is 0 Å². The number of benzene rings is 1. The van der Waals surface area contributed by atoms with Gasteiger partial charge in [0.25, 0.3) is 5.91 Å². The number of halogens is 1. The van der Waals surface area contributed by atoms with E-state index in [0.717, 1.165) is 29.7 Å². The van der Waals surface area contributed by atoms with Gasteiger partial charge in [-0.3, -0.25) is 4.79 Å². The maximum absolute atomic E-state index is 12.4. The Balaban J connectivity index is 1.81. The highest BCUT2D eigenvalue weighted by molar-refractivity contribution is 7.17. The number of carbonyl (C=O) groups excluding carboxylic acids is 1. The molecule has 7 heteroatoms. The molecule has 0 atom stereocenters.